The third-order valence-corrected chi connectivity index (χ3v) is 5.35. The van der Waals surface area contributed by atoms with E-state index in [-0.39, 0.29) is 17.1 Å². The molecule has 4 nitrogen and oxygen atoms in total. The number of hydrogen-bond donors (Lipinski definition) is 0. The van der Waals surface area contributed by atoms with Gasteiger partial charge in [-0.3, -0.25) is 4.79 Å². The summed E-state index contributed by atoms with van der Waals surface area (Å²) in [6.07, 6.45) is 8.14. The number of para-hydroxylation sites is 1. The predicted octanol–water partition coefficient (Wildman–Crippen LogP) is 6.77. The molecule has 1 fully saturated rings. The average Bonchev–Trinajstić information content (AvgIpc) is 3.30. The van der Waals surface area contributed by atoms with Crippen LogP contribution in [0.4, 0.5) is 4.39 Å². The maximum Gasteiger partial charge on any atom is 0.196 e. The number of ether oxygens (including phenoxy) is 2. The minimum atomic E-state index is -0.445. The molecule has 4 rings (SSSR count). The topological polar surface area (TPSA) is 48.7 Å². The number of fused-ring (bicyclic) bond motifs is 1. The lowest BCUT2D eigenvalue weighted by Gasteiger charge is -2.18. The highest BCUT2D eigenvalue weighted by atomic mass is 19.1. The first-order valence-corrected chi connectivity index (χ1v) is 10.8. The van der Waals surface area contributed by atoms with Gasteiger partial charge >= 0.3 is 0 Å². The molecule has 0 bridgehead atoms. The molecule has 1 saturated carbocycles. The Morgan fingerprint density at radius 3 is 2.55 bits per heavy atom. The van der Waals surface area contributed by atoms with Gasteiger partial charge in [-0.1, -0.05) is 26.0 Å². The highest BCUT2D eigenvalue weighted by molar-refractivity contribution is 5.80. The molecule has 1 aliphatic rings. The van der Waals surface area contributed by atoms with Crippen LogP contribution in [-0.2, 0) is 0 Å². The van der Waals surface area contributed by atoms with Crippen LogP contribution in [0.3, 0.4) is 0 Å². The van der Waals surface area contributed by atoms with Crippen molar-refractivity contribution in [3.05, 3.63) is 69.3 Å². The van der Waals surface area contributed by atoms with Crippen LogP contribution in [0.25, 0.3) is 23.1 Å². The van der Waals surface area contributed by atoms with Crippen molar-refractivity contribution in [1.29, 1.82) is 0 Å². The Morgan fingerprint density at radius 2 is 1.84 bits per heavy atom. The van der Waals surface area contributed by atoms with E-state index in [4.69, 9.17) is 13.9 Å². The summed E-state index contributed by atoms with van der Waals surface area (Å²) in [6.45, 7) is 5.70. The van der Waals surface area contributed by atoms with Crippen LogP contribution in [0.2, 0.25) is 0 Å². The standard InChI is InChI=1S/C24H23FO4.C2H6/c1-15-20(29-22-14-17(25)11-12-19(22)23(15)26)13-10-16-6-5-9-21(27-2)24(16)28-18-7-3-4-8-18;1-2/h5-6,9-14,18H,3-4,7-8H2,1-2H3;1-2H3/b13-10+;. The number of benzene rings is 2. The van der Waals surface area contributed by atoms with Gasteiger partial charge in [0.1, 0.15) is 17.2 Å². The van der Waals surface area contributed by atoms with Crippen molar-refractivity contribution in [2.24, 2.45) is 0 Å². The molecule has 1 aliphatic carbocycles. The van der Waals surface area contributed by atoms with Gasteiger partial charge in [0.15, 0.2) is 16.9 Å². The fourth-order valence-electron chi connectivity index (χ4n) is 3.73. The molecule has 0 aliphatic heterocycles. The van der Waals surface area contributed by atoms with E-state index in [0.29, 0.717) is 28.2 Å². The summed E-state index contributed by atoms with van der Waals surface area (Å²) in [7, 11) is 1.62. The lowest BCUT2D eigenvalue weighted by molar-refractivity contribution is 0.200. The van der Waals surface area contributed by atoms with Gasteiger partial charge in [-0.15, -0.1) is 0 Å². The fourth-order valence-corrected chi connectivity index (χ4v) is 3.73. The van der Waals surface area contributed by atoms with Crippen molar-refractivity contribution in [2.45, 2.75) is 52.6 Å². The first-order chi connectivity index (χ1) is 15.1. The Kier molecular flexibility index (Phi) is 7.50. The molecule has 0 saturated heterocycles. The summed E-state index contributed by atoms with van der Waals surface area (Å²) in [5.74, 6) is 1.30. The maximum atomic E-state index is 13.6. The lowest BCUT2D eigenvalue weighted by atomic mass is 10.1. The molecule has 0 amide bonds. The van der Waals surface area contributed by atoms with Crippen molar-refractivity contribution >= 4 is 23.1 Å². The molecule has 0 radical (unpaired) electrons. The van der Waals surface area contributed by atoms with Crippen LogP contribution >= 0.6 is 0 Å². The fraction of sp³-hybridized carbons (Fsp3) is 0.346. The molecule has 0 atom stereocenters. The van der Waals surface area contributed by atoms with E-state index in [0.717, 1.165) is 18.4 Å². The minimum absolute atomic E-state index is 0.168. The van der Waals surface area contributed by atoms with Crippen molar-refractivity contribution < 1.29 is 18.3 Å². The van der Waals surface area contributed by atoms with E-state index in [2.05, 4.69) is 0 Å². The molecular formula is C26H29FO4. The number of hydrogen-bond acceptors (Lipinski definition) is 4. The first-order valence-electron chi connectivity index (χ1n) is 10.8. The molecular weight excluding hydrogens is 395 g/mol. The van der Waals surface area contributed by atoms with Gasteiger partial charge in [-0.25, -0.2) is 4.39 Å². The van der Waals surface area contributed by atoms with Gasteiger partial charge in [0, 0.05) is 17.2 Å². The summed E-state index contributed by atoms with van der Waals surface area (Å²) < 4.78 is 31.1. The van der Waals surface area contributed by atoms with Crippen molar-refractivity contribution in [1.82, 2.24) is 0 Å². The van der Waals surface area contributed by atoms with Crippen molar-refractivity contribution in [3.63, 3.8) is 0 Å². The van der Waals surface area contributed by atoms with E-state index in [9.17, 15) is 9.18 Å². The average molecular weight is 425 g/mol. The van der Waals surface area contributed by atoms with Gasteiger partial charge in [0.25, 0.3) is 0 Å². The molecule has 3 aromatic rings. The van der Waals surface area contributed by atoms with Gasteiger partial charge < -0.3 is 13.9 Å². The van der Waals surface area contributed by atoms with E-state index in [1.54, 1.807) is 20.1 Å². The third kappa shape index (κ3) is 4.98. The molecule has 0 N–H and O–H groups in total. The van der Waals surface area contributed by atoms with Crippen molar-refractivity contribution in [3.8, 4) is 11.5 Å². The van der Waals surface area contributed by atoms with Gasteiger partial charge in [-0.05, 0) is 63.0 Å². The first kappa shape index (κ1) is 22.6. The number of methoxy groups -OCH3 is 1. The quantitative estimate of drug-likeness (QED) is 0.454. The molecule has 2 aromatic carbocycles. The minimum Gasteiger partial charge on any atom is -0.493 e. The van der Waals surface area contributed by atoms with Crippen molar-refractivity contribution in [2.75, 3.05) is 7.11 Å². The van der Waals surface area contributed by atoms with Gasteiger partial charge in [-0.2, -0.15) is 0 Å². The zero-order valence-electron chi connectivity index (χ0n) is 18.5. The second kappa shape index (κ2) is 10.3. The normalized spacial score (nSPS) is 14.0. The molecule has 1 aromatic heterocycles. The van der Waals surface area contributed by atoms with Crippen LogP contribution < -0.4 is 14.9 Å². The van der Waals surface area contributed by atoms with Crippen LogP contribution in [0.1, 0.15) is 56.4 Å². The molecule has 0 spiro atoms. The van der Waals surface area contributed by atoms with Crippen LogP contribution in [0.5, 0.6) is 11.5 Å². The highest BCUT2D eigenvalue weighted by Gasteiger charge is 2.20. The SMILES string of the molecule is CC.COc1cccc(/C=C/c2oc3cc(F)ccc3c(=O)c2C)c1OC1CCCC1. The number of halogens is 1. The van der Waals surface area contributed by atoms with Crippen LogP contribution in [0, 0.1) is 12.7 Å². The van der Waals surface area contributed by atoms with Gasteiger partial charge in [0.05, 0.1) is 18.6 Å². The second-order valence-electron chi connectivity index (χ2n) is 7.30. The summed E-state index contributed by atoms with van der Waals surface area (Å²) >= 11 is 0. The monoisotopic (exact) mass is 424 g/mol. The maximum absolute atomic E-state index is 13.6. The van der Waals surface area contributed by atoms with Crippen LogP contribution in [0.15, 0.2) is 45.6 Å². The Labute approximate surface area is 182 Å². The Balaban J connectivity index is 0.00000132. The molecule has 0 unspecified atom stereocenters. The largest absolute Gasteiger partial charge is 0.493 e. The Hall–Kier alpha value is -3.08. The Morgan fingerprint density at radius 1 is 1.10 bits per heavy atom. The van der Waals surface area contributed by atoms with E-state index in [1.165, 1.54) is 31.0 Å². The summed E-state index contributed by atoms with van der Waals surface area (Å²) in [5, 5.41) is 0.368. The third-order valence-electron chi connectivity index (χ3n) is 5.35. The smallest absolute Gasteiger partial charge is 0.196 e. The second-order valence-corrected chi connectivity index (χ2v) is 7.30. The van der Waals surface area contributed by atoms with Crippen LogP contribution in [-0.4, -0.2) is 13.2 Å². The zero-order valence-corrected chi connectivity index (χ0v) is 18.5. The molecule has 1 heterocycles. The predicted molar refractivity (Wildman–Crippen MR) is 123 cm³/mol. The van der Waals surface area contributed by atoms with Gasteiger partial charge in [0.2, 0.25) is 0 Å². The zero-order chi connectivity index (χ0) is 22.4. The number of rotatable bonds is 5. The van der Waals surface area contributed by atoms with E-state index in [1.807, 2.05) is 38.1 Å². The summed E-state index contributed by atoms with van der Waals surface area (Å²) in [4.78, 5) is 12.6. The molecule has 5 heteroatoms. The molecule has 164 valence electrons. The summed E-state index contributed by atoms with van der Waals surface area (Å²) in [5.41, 5.74) is 1.37. The highest BCUT2D eigenvalue weighted by Crippen LogP contribution is 2.36. The van der Waals surface area contributed by atoms with E-state index < -0.39 is 5.82 Å². The van der Waals surface area contributed by atoms with E-state index >= 15 is 0 Å². The molecule has 31 heavy (non-hydrogen) atoms. The summed E-state index contributed by atoms with van der Waals surface area (Å²) in [6, 6.07) is 9.62. The lowest BCUT2D eigenvalue weighted by Crippen LogP contribution is -2.12. The Bertz CT molecular complexity index is 1120.